The molecule has 3 heteroatoms. The second kappa shape index (κ2) is 14.3. The van der Waals surface area contributed by atoms with Gasteiger partial charge >= 0.3 is 41.3 Å². The van der Waals surface area contributed by atoms with E-state index in [1.54, 1.807) is 24.2 Å². The van der Waals surface area contributed by atoms with Crippen molar-refractivity contribution in [3.05, 3.63) is 89.0 Å². The van der Waals surface area contributed by atoms with Gasteiger partial charge in [0.2, 0.25) is 0 Å². The number of rotatable bonds is 2. The van der Waals surface area contributed by atoms with E-state index in [9.17, 15) is 0 Å². The molecule has 0 spiro atoms. The number of hydrogen-bond acceptors (Lipinski definition) is 0. The van der Waals surface area contributed by atoms with Crippen LogP contribution in [0.15, 0.2) is 60.7 Å². The molecule has 0 amide bonds. The Morgan fingerprint density at radius 3 is 2.23 bits per heavy atom. The summed E-state index contributed by atoms with van der Waals surface area (Å²) in [6, 6.07) is 25.0. The zero-order valence-corrected chi connectivity index (χ0v) is 23.6. The standard InChI is InChI=1S/C13H9.C12H19.C3H6.2ClH.Zr/c1-3-7-12-10(5-1)9-11-6-2-4-8-13(11)12;1-5-6-10-7-8-11(9-10)12(2,3)4;1-3-2;;;/h1-5,7-8H,9H2;7-9H,5-6H2,1-4H3;1-2H3;2*1H;/q2*-1;;;;+2/p-2. The Morgan fingerprint density at radius 1 is 1.03 bits per heavy atom. The van der Waals surface area contributed by atoms with Crippen molar-refractivity contribution in [1.29, 1.82) is 0 Å². The summed E-state index contributed by atoms with van der Waals surface area (Å²) < 4.78 is 1.51. The van der Waals surface area contributed by atoms with E-state index in [-0.39, 0.29) is 24.8 Å². The van der Waals surface area contributed by atoms with Gasteiger partial charge in [-0.3, -0.25) is 0 Å². The minimum Gasteiger partial charge on any atom is -1.00 e. The fraction of sp³-hybridized carbons (Fsp3) is 0.357. The minimum absolute atomic E-state index is 0. The third-order valence-electron chi connectivity index (χ3n) is 4.84. The molecule has 0 heterocycles. The van der Waals surface area contributed by atoms with Crippen molar-refractivity contribution >= 4 is 3.21 Å². The molecule has 0 unspecified atom stereocenters. The SMILES string of the molecule is CCCc1cc(C(C)(C)C)c[cH-]1.C[C](C)=[Zr+2].[Cl-].[Cl-].[c-]1cccc2c1Cc1ccccc1-2. The maximum absolute atomic E-state index is 3.30. The quantitative estimate of drug-likeness (QED) is 0.343. The molecule has 0 bridgehead atoms. The zero-order valence-electron chi connectivity index (χ0n) is 19.7. The van der Waals surface area contributed by atoms with Gasteiger partial charge in [-0.2, -0.15) is 53.1 Å². The van der Waals surface area contributed by atoms with E-state index in [2.05, 4.69) is 102 Å². The summed E-state index contributed by atoms with van der Waals surface area (Å²) in [6.07, 6.45) is 3.51. The first-order valence-corrected chi connectivity index (χ1v) is 11.8. The van der Waals surface area contributed by atoms with Crippen LogP contribution in [-0.2, 0) is 42.5 Å². The number of fused-ring (bicyclic) bond motifs is 3. The Kier molecular flexibility index (Phi) is 13.9. The first-order chi connectivity index (χ1) is 13.7. The van der Waals surface area contributed by atoms with E-state index in [4.69, 9.17) is 0 Å². The van der Waals surface area contributed by atoms with Gasteiger partial charge in [0.25, 0.3) is 0 Å². The van der Waals surface area contributed by atoms with Gasteiger partial charge in [-0.05, 0) is 6.42 Å². The van der Waals surface area contributed by atoms with Gasteiger partial charge in [0.05, 0.1) is 0 Å². The van der Waals surface area contributed by atoms with Gasteiger partial charge < -0.3 is 24.8 Å². The molecule has 3 aromatic carbocycles. The Morgan fingerprint density at radius 2 is 1.65 bits per heavy atom. The molecule has 0 nitrogen and oxygen atoms in total. The third kappa shape index (κ3) is 9.65. The Labute approximate surface area is 217 Å². The van der Waals surface area contributed by atoms with Gasteiger partial charge in [-0.25, -0.2) is 6.07 Å². The van der Waals surface area contributed by atoms with Crippen LogP contribution in [0.1, 0.15) is 70.2 Å². The molecular formula is C28H34Cl2Zr-2. The largest absolute Gasteiger partial charge is 1.00 e. The topological polar surface area (TPSA) is 0 Å². The van der Waals surface area contributed by atoms with Gasteiger partial charge in [-0.1, -0.05) is 81.3 Å². The summed E-state index contributed by atoms with van der Waals surface area (Å²) >= 11 is 1.55. The van der Waals surface area contributed by atoms with Crippen molar-refractivity contribution in [2.45, 2.75) is 66.2 Å². The van der Waals surface area contributed by atoms with Crippen molar-refractivity contribution in [2.24, 2.45) is 0 Å². The summed E-state index contributed by atoms with van der Waals surface area (Å²) in [5, 5.41) is 0. The van der Waals surface area contributed by atoms with Crippen LogP contribution in [0.5, 0.6) is 0 Å². The molecule has 1 aliphatic rings. The summed E-state index contributed by atoms with van der Waals surface area (Å²) in [5.41, 5.74) is 8.77. The van der Waals surface area contributed by atoms with Crippen LogP contribution in [0.2, 0.25) is 0 Å². The third-order valence-corrected chi connectivity index (χ3v) is 4.84. The number of aryl methyl sites for hydroxylation is 1. The smallest absolute Gasteiger partial charge is 0.0253 e. The predicted octanol–water partition coefficient (Wildman–Crippen LogP) is 1.47. The number of halogens is 2. The predicted molar refractivity (Wildman–Crippen MR) is 125 cm³/mol. The molecule has 0 N–H and O–H groups in total. The summed E-state index contributed by atoms with van der Waals surface area (Å²) in [4.78, 5) is 0. The Hall–Kier alpha value is -0.877. The van der Waals surface area contributed by atoms with Crippen LogP contribution in [0.4, 0.5) is 0 Å². The Bertz CT molecular complexity index is 884. The molecule has 0 fully saturated rings. The fourth-order valence-corrected chi connectivity index (χ4v) is 3.40. The minimum atomic E-state index is 0. The maximum atomic E-state index is 3.30. The van der Waals surface area contributed by atoms with E-state index in [0.717, 1.165) is 6.42 Å². The molecule has 0 saturated carbocycles. The second-order valence-corrected chi connectivity index (χ2v) is 11.4. The van der Waals surface area contributed by atoms with Crippen LogP contribution in [0, 0.1) is 6.07 Å². The van der Waals surface area contributed by atoms with Gasteiger partial charge in [-0.15, -0.1) is 5.56 Å². The molecule has 3 aromatic rings. The van der Waals surface area contributed by atoms with Crippen LogP contribution < -0.4 is 24.8 Å². The van der Waals surface area contributed by atoms with Crippen molar-refractivity contribution in [1.82, 2.24) is 0 Å². The average Bonchev–Trinajstić information content (AvgIpc) is 3.26. The molecule has 0 saturated heterocycles. The van der Waals surface area contributed by atoms with Gasteiger partial charge in [0.1, 0.15) is 0 Å². The van der Waals surface area contributed by atoms with Crippen molar-refractivity contribution < 1.29 is 49.0 Å². The molecule has 0 radical (unpaired) electrons. The normalized spacial score (nSPS) is 10.7. The van der Waals surface area contributed by atoms with Crippen LogP contribution in [-0.4, -0.2) is 3.21 Å². The summed E-state index contributed by atoms with van der Waals surface area (Å²) in [7, 11) is 0. The molecular weight excluding hydrogens is 498 g/mol. The first kappa shape index (κ1) is 30.1. The molecule has 0 aromatic heterocycles. The van der Waals surface area contributed by atoms with Gasteiger partial charge in [0, 0.05) is 0 Å². The van der Waals surface area contributed by atoms with E-state index in [0.29, 0.717) is 5.41 Å². The number of hydrogen-bond donors (Lipinski definition) is 0. The number of benzene rings is 2. The monoisotopic (exact) mass is 530 g/mol. The van der Waals surface area contributed by atoms with Crippen LogP contribution in [0.25, 0.3) is 11.1 Å². The maximum Gasteiger partial charge on any atom is -0.0253 e. The molecule has 0 atom stereocenters. The van der Waals surface area contributed by atoms with E-state index < -0.39 is 0 Å². The zero-order chi connectivity index (χ0) is 21.4. The first-order valence-electron chi connectivity index (χ1n) is 10.6. The van der Waals surface area contributed by atoms with E-state index in [1.807, 2.05) is 6.07 Å². The van der Waals surface area contributed by atoms with E-state index in [1.165, 1.54) is 49.4 Å². The molecule has 166 valence electrons. The average molecular weight is 533 g/mol. The summed E-state index contributed by atoms with van der Waals surface area (Å²) in [6.45, 7) is 13.3. The molecule has 0 aliphatic heterocycles. The molecule has 4 rings (SSSR count). The van der Waals surface area contributed by atoms with Crippen molar-refractivity contribution in [2.75, 3.05) is 0 Å². The molecule has 1 aliphatic carbocycles. The van der Waals surface area contributed by atoms with Crippen LogP contribution >= 0.6 is 0 Å². The van der Waals surface area contributed by atoms with Crippen molar-refractivity contribution in [3.63, 3.8) is 0 Å². The summed E-state index contributed by atoms with van der Waals surface area (Å²) in [5.74, 6) is 0. The molecule has 31 heavy (non-hydrogen) atoms. The van der Waals surface area contributed by atoms with Gasteiger partial charge in [0.15, 0.2) is 0 Å². The Balaban J connectivity index is 0.000000473. The van der Waals surface area contributed by atoms with Crippen LogP contribution in [0.3, 0.4) is 0 Å². The van der Waals surface area contributed by atoms with E-state index >= 15 is 0 Å². The van der Waals surface area contributed by atoms with Crippen molar-refractivity contribution in [3.8, 4) is 11.1 Å². The fourth-order valence-electron chi connectivity index (χ4n) is 3.40. The second-order valence-electron chi connectivity index (χ2n) is 8.90.